The Balaban J connectivity index is 2.29. The normalized spacial score (nSPS) is 9.53. The monoisotopic (exact) mass is 213 g/mol. The molecular weight excluding hydrogens is 206 g/mol. The molecule has 3 nitrogen and oxygen atoms in total. The molecule has 2 aromatic rings. The van der Waals surface area contributed by atoms with Crippen molar-refractivity contribution >= 4 is 11.8 Å². The van der Waals surface area contributed by atoms with Gasteiger partial charge in [0.05, 0.1) is 0 Å². The second-order valence-electron chi connectivity index (χ2n) is 2.75. The number of nitrogens with zero attached hydrogens (tertiary/aromatic N) is 3. The molecule has 0 aliphatic heterocycles. The quantitative estimate of drug-likeness (QED) is 0.769. The summed E-state index contributed by atoms with van der Waals surface area (Å²) in [4.78, 5) is 9.85. The third kappa shape index (κ3) is 2.33. The van der Waals surface area contributed by atoms with E-state index in [0.717, 1.165) is 9.79 Å². The Morgan fingerprint density at radius 2 is 1.93 bits per heavy atom. The number of hydrogen-bond donors (Lipinski definition) is 0. The second kappa shape index (κ2) is 4.58. The Morgan fingerprint density at radius 3 is 2.67 bits per heavy atom. The lowest BCUT2D eigenvalue weighted by Gasteiger charge is -2.01. The van der Waals surface area contributed by atoms with Gasteiger partial charge in [-0.3, -0.25) is 4.98 Å². The fourth-order valence-corrected chi connectivity index (χ4v) is 1.94. The zero-order chi connectivity index (χ0) is 10.5. The van der Waals surface area contributed by atoms with E-state index in [1.165, 1.54) is 11.8 Å². The van der Waals surface area contributed by atoms with Crippen LogP contribution in [0.25, 0.3) is 0 Å². The fourth-order valence-electron chi connectivity index (χ4n) is 1.09. The largest absolute Gasteiger partial charge is 0.265 e. The van der Waals surface area contributed by atoms with Crippen LogP contribution in [0.4, 0.5) is 0 Å². The van der Waals surface area contributed by atoms with Gasteiger partial charge in [-0.1, -0.05) is 11.8 Å². The van der Waals surface area contributed by atoms with Crippen molar-refractivity contribution in [3.63, 3.8) is 0 Å². The molecule has 15 heavy (non-hydrogen) atoms. The molecule has 0 unspecified atom stereocenters. The summed E-state index contributed by atoms with van der Waals surface area (Å²) >= 11 is 1.51. The highest BCUT2D eigenvalue weighted by Gasteiger charge is 2.03. The average Bonchev–Trinajstić information content (AvgIpc) is 2.31. The Hall–Kier alpha value is -1.86. The minimum absolute atomic E-state index is 0.458. The first-order chi connectivity index (χ1) is 7.40. The summed E-state index contributed by atoms with van der Waals surface area (Å²) in [6.07, 6.45) is 5.07. The molecule has 0 bridgehead atoms. The first-order valence-electron chi connectivity index (χ1n) is 4.33. The van der Waals surface area contributed by atoms with Crippen molar-refractivity contribution in [3.05, 3.63) is 48.5 Å². The lowest BCUT2D eigenvalue weighted by atomic mass is 10.4. The van der Waals surface area contributed by atoms with E-state index in [0.29, 0.717) is 5.69 Å². The summed E-state index contributed by atoms with van der Waals surface area (Å²) in [5, 5.41) is 8.86. The first-order valence-corrected chi connectivity index (χ1v) is 5.15. The number of rotatable bonds is 2. The van der Waals surface area contributed by atoms with Crippen molar-refractivity contribution < 1.29 is 0 Å². The van der Waals surface area contributed by atoms with E-state index in [1.54, 1.807) is 18.6 Å². The van der Waals surface area contributed by atoms with Crippen molar-refractivity contribution in [1.82, 2.24) is 9.97 Å². The molecule has 2 rings (SSSR count). The molecule has 0 N–H and O–H groups in total. The van der Waals surface area contributed by atoms with Crippen LogP contribution in [0.5, 0.6) is 0 Å². The third-order valence-electron chi connectivity index (χ3n) is 1.75. The minimum Gasteiger partial charge on any atom is -0.265 e. The van der Waals surface area contributed by atoms with Crippen LogP contribution in [0.2, 0.25) is 0 Å². The van der Waals surface area contributed by atoms with Gasteiger partial charge in [-0.25, -0.2) is 4.98 Å². The molecule has 0 aliphatic carbocycles. The van der Waals surface area contributed by atoms with Gasteiger partial charge in [-0.15, -0.1) is 0 Å². The Bertz CT molecular complexity index is 491. The topological polar surface area (TPSA) is 49.6 Å². The summed E-state index contributed by atoms with van der Waals surface area (Å²) < 4.78 is 0. The van der Waals surface area contributed by atoms with Crippen molar-refractivity contribution in [2.45, 2.75) is 9.79 Å². The highest BCUT2D eigenvalue weighted by molar-refractivity contribution is 7.99. The van der Waals surface area contributed by atoms with Crippen LogP contribution < -0.4 is 0 Å². The van der Waals surface area contributed by atoms with Crippen molar-refractivity contribution in [2.24, 2.45) is 0 Å². The molecule has 0 saturated heterocycles. The lowest BCUT2D eigenvalue weighted by Crippen LogP contribution is -1.85. The molecule has 0 spiro atoms. The molecule has 4 heteroatoms. The van der Waals surface area contributed by atoms with Gasteiger partial charge in [0.25, 0.3) is 0 Å². The third-order valence-corrected chi connectivity index (χ3v) is 2.81. The van der Waals surface area contributed by atoms with Gasteiger partial charge >= 0.3 is 0 Å². The summed E-state index contributed by atoms with van der Waals surface area (Å²) in [6, 6.07) is 9.58. The smallest absolute Gasteiger partial charge is 0.154 e. The zero-order valence-electron chi connectivity index (χ0n) is 7.79. The van der Waals surface area contributed by atoms with Crippen LogP contribution in [0.1, 0.15) is 5.69 Å². The maximum absolute atomic E-state index is 8.86. The van der Waals surface area contributed by atoms with E-state index < -0.39 is 0 Å². The van der Waals surface area contributed by atoms with Crippen molar-refractivity contribution in [2.75, 3.05) is 0 Å². The molecule has 2 heterocycles. The predicted molar refractivity (Wildman–Crippen MR) is 57.3 cm³/mol. The van der Waals surface area contributed by atoms with E-state index in [-0.39, 0.29) is 0 Å². The molecule has 72 valence electrons. The zero-order valence-corrected chi connectivity index (χ0v) is 8.61. The standard InChI is InChI=1S/C11H7N3S/c12-8-10-11(2-1-5-14-10)15-9-3-6-13-7-4-9/h1-7H. The summed E-state index contributed by atoms with van der Waals surface area (Å²) in [7, 11) is 0. The van der Waals surface area contributed by atoms with Gasteiger partial charge < -0.3 is 0 Å². The van der Waals surface area contributed by atoms with Crippen LogP contribution in [0.15, 0.2) is 52.6 Å². The maximum atomic E-state index is 8.86. The van der Waals surface area contributed by atoms with Gasteiger partial charge in [0.2, 0.25) is 0 Å². The van der Waals surface area contributed by atoms with E-state index in [4.69, 9.17) is 5.26 Å². The van der Waals surface area contributed by atoms with Crippen LogP contribution >= 0.6 is 11.8 Å². The summed E-state index contributed by atoms with van der Waals surface area (Å²) in [5.74, 6) is 0. The van der Waals surface area contributed by atoms with Gasteiger partial charge in [-0.2, -0.15) is 5.26 Å². The van der Waals surface area contributed by atoms with Gasteiger partial charge in [0.1, 0.15) is 6.07 Å². The molecule has 0 radical (unpaired) electrons. The van der Waals surface area contributed by atoms with Crippen LogP contribution in [0.3, 0.4) is 0 Å². The molecule has 2 aromatic heterocycles. The van der Waals surface area contributed by atoms with Gasteiger partial charge in [0.15, 0.2) is 5.69 Å². The first kappa shape index (κ1) is 9.69. The van der Waals surface area contributed by atoms with E-state index >= 15 is 0 Å². The van der Waals surface area contributed by atoms with Crippen molar-refractivity contribution in [1.29, 1.82) is 5.26 Å². The van der Waals surface area contributed by atoms with Crippen LogP contribution in [-0.2, 0) is 0 Å². The maximum Gasteiger partial charge on any atom is 0.154 e. The number of nitriles is 1. The van der Waals surface area contributed by atoms with E-state index in [9.17, 15) is 0 Å². The molecule has 0 atom stereocenters. The average molecular weight is 213 g/mol. The predicted octanol–water partition coefficient (Wildman–Crippen LogP) is 2.50. The number of pyridine rings is 2. The fraction of sp³-hybridized carbons (Fsp3) is 0. The number of aromatic nitrogens is 2. The highest BCUT2D eigenvalue weighted by atomic mass is 32.2. The summed E-state index contributed by atoms with van der Waals surface area (Å²) in [6.45, 7) is 0. The Morgan fingerprint density at radius 1 is 1.13 bits per heavy atom. The van der Waals surface area contributed by atoms with E-state index in [1.807, 2.05) is 24.3 Å². The lowest BCUT2D eigenvalue weighted by molar-refractivity contribution is 1.17. The molecule has 0 amide bonds. The molecular formula is C11H7N3S. The minimum atomic E-state index is 0.458. The van der Waals surface area contributed by atoms with Gasteiger partial charge in [0, 0.05) is 28.4 Å². The highest BCUT2D eigenvalue weighted by Crippen LogP contribution is 2.28. The number of hydrogen-bond acceptors (Lipinski definition) is 4. The van der Waals surface area contributed by atoms with E-state index in [2.05, 4.69) is 16.0 Å². The molecule has 0 fully saturated rings. The molecule has 0 saturated carbocycles. The van der Waals surface area contributed by atoms with Crippen molar-refractivity contribution in [3.8, 4) is 6.07 Å². The second-order valence-corrected chi connectivity index (χ2v) is 3.86. The molecule has 0 aromatic carbocycles. The van der Waals surface area contributed by atoms with Crippen LogP contribution in [0, 0.1) is 11.3 Å². The Labute approximate surface area is 91.8 Å². The Kier molecular flexibility index (Phi) is 2.96. The summed E-state index contributed by atoms with van der Waals surface area (Å²) in [5.41, 5.74) is 0.458. The van der Waals surface area contributed by atoms with Crippen LogP contribution in [-0.4, -0.2) is 9.97 Å². The SMILES string of the molecule is N#Cc1ncccc1Sc1ccncc1. The molecule has 0 aliphatic rings. The van der Waals surface area contributed by atoms with Gasteiger partial charge in [-0.05, 0) is 24.3 Å².